The molecule has 4 heteroatoms. The lowest BCUT2D eigenvalue weighted by Crippen LogP contribution is -2.41. The fraction of sp³-hybridized carbons (Fsp3) is 0.273. The number of hydrogen-bond acceptors (Lipinski definition) is 2. The Bertz CT molecular complexity index is 369. The zero-order valence-corrected chi connectivity index (χ0v) is 8.77. The Morgan fingerprint density at radius 3 is 2.60 bits per heavy atom. The molecule has 0 aliphatic carbocycles. The molecule has 4 nitrogen and oxygen atoms in total. The first-order chi connectivity index (χ1) is 7.15. The van der Waals surface area contributed by atoms with E-state index >= 15 is 0 Å². The van der Waals surface area contributed by atoms with E-state index in [0.717, 1.165) is 5.69 Å². The highest BCUT2D eigenvalue weighted by molar-refractivity contribution is 5.91. The summed E-state index contributed by atoms with van der Waals surface area (Å²) < 4.78 is 0. The van der Waals surface area contributed by atoms with Crippen LogP contribution in [0.2, 0.25) is 0 Å². The summed E-state index contributed by atoms with van der Waals surface area (Å²) in [5, 5.41) is 11.1. The molecule has 15 heavy (non-hydrogen) atoms. The van der Waals surface area contributed by atoms with E-state index < -0.39 is 6.04 Å². The number of urea groups is 1. The minimum absolute atomic E-state index is 0.282. The van der Waals surface area contributed by atoms with Crippen molar-refractivity contribution >= 4 is 11.7 Å². The summed E-state index contributed by atoms with van der Waals surface area (Å²) >= 11 is 0. The van der Waals surface area contributed by atoms with Crippen LogP contribution in [0.15, 0.2) is 30.3 Å². The van der Waals surface area contributed by atoms with Crippen LogP contribution in [0, 0.1) is 11.3 Å². The van der Waals surface area contributed by atoms with E-state index in [0.29, 0.717) is 0 Å². The lowest BCUT2D eigenvalue weighted by molar-refractivity contribution is 0.246. The molecular weight excluding hydrogens is 190 g/mol. The van der Waals surface area contributed by atoms with Crippen LogP contribution in [0.25, 0.3) is 0 Å². The fourth-order valence-electron chi connectivity index (χ4n) is 1.08. The largest absolute Gasteiger partial charge is 0.322 e. The highest BCUT2D eigenvalue weighted by atomic mass is 16.2. The fourth-order valence-corrected chi connectivity index (χ4v) is 1.08. The number of hydrogen-bond donors (Lipinski definition) is 1. The molecule has 0 heterocycles. The van der Waals surface area contributed by atoms with Crippen molar-refractivity contribution in [2.75, 3.05) is 11.9 Å². The predicted octanol–water partition coefficient (Wildman–Crippen LogP) is 1.74. The molecule has 0 saturated heterocycles. The molecule has 78 valence electrons. The molecule has 0 fully saturated rings. The maximum absolute atomic E-state index is 11.6. The first kappa shape index (κ1) is 11.1. The third-order valence-electron chi connectivity index (χ3n) is 1.98. The quantitative estimate of drug-likeness (QED) is 0.796. The van der Waals surface area contributed by atoms with Crippen LogP contribution >= 0.6 is 0 Å². The topological polar surface area (TPSA) is 56.1 Å². The molecule has 1 N–H and O–H groups in total. The van der Waals surface area contributed by atoms with Crippen LogP contribution < -0.4 is 10.2 Å². The molecule has 2 amide bonds. The van der Waals surface area contributed by atoms with E-state index in [2.05, 4.69) is 5.32 Å². The molecule has 1 rings (SSSR count). The van der Waals surface area contributed by atoms with Gasteiger partial charge in [0.05, 0.1) is 6.07 Å². The van der Waals surface area contributed by atoms with Crippen molar-refractivity contribution < 1.29 is 4.79 Å². The van der Waals surface area contributed by atoms with Crippen molar-refractivity contribution in [2.24, 2.45) is 0 Å². The van der Waals surface area contributed by atoms with Crippen LogP contribution in [0.1, 0.15) is 6.92 Å². The van der Waals surface area contributed by atoms with Crippen molar-refractivity contribution in [1.82, 2.24) is 5.32 Å². The molecular formula is C11H13N3O. The molecule has 1 atom stereocenters. The summed E-state index contributed by atoms with van der Waals surface area (Å²) in [4.78, 5) is 13.0. The zero-order chi connectivity index (χ0) is 11.3. The van der Waals surface area contributed by atoms with Crippen molar-refractivity contribution in [3.63, 3.8) is 0 Å². The Kier molecular flexibility index (Phi) is 3.69. The third-order valence-corrected chi connectivity index (χ3v) is 1.98. The Morgan fingerprint density at radius 1 is 1.47 bits per heavy atom. The van der Waals surface area contributed by atoms with Gasteiger partial charge in [-0.3, -0.25) is 4.90 Å². The van der Waals surface area contributed by atoms with Gasteiger partial charge >= 0.3 is 6.03 Å². The summed E-state index contributed by atoms with van der Waals surface area (Å²) in [5.74, 6) is 0. The molecule has 0 aromatic heterocycles. The SMILES string of the molecule is CC(C#N)NC(=O)N(C)c1ccccc1. The molecule has 0 bridgehead atoms. The Labute approximate surface area is 89.1 Å². The lowest BCUT2D eigenvalue weighted by atomic mass is 10.3. The summed E-state index contributed by atoms with van der Waals surface area (Å²) in [6.45, 7) is 1.64. The highest BCUT2D eigenvalue weighted by Gasteiger charge is 2.12. The average molecular weight is 203 g/mol. The van der Waals surface area contributed by atoms with Gasteiger partial charge in [0.1, 0.15) is 6.04 Å². The zero-order valence-electron chi connectivity index (χ0n) is 8.77. The summed E-state index contributed by atoms with van der Waals surface area (Å²) in [6.07, 6.45) is 0. The number of carbonyl (C=O) groups excluding carboxylic acids is 1. The number of amides is 2. The van der Waals surface area contributed by atoms with Gasteiger partial charge in [0.25, 0.3) is 0 Å². The standard InChI is InChI=1S/C11H13N3O/c1-9(8-12)13-11(15)14(2)10-6-4-3-5-7-10/h3-7,9H,1-2H3,(H,13,15). The minimum Gasteiger partial charge on any atom is -0.322 e. The van der Waals surface area contributed by atoms with Crippen molar-refractivity contribution in [1.29, 1.82) is 5.26 Å². The smallest absolute Gasteiger partial charge is 0.322 e. The number of nitrogens with one attached hydrogen (secondary N) is 1. The Hall–Kier alpha value is -2.02. The van der Waals surface area contributed by atoms with Gasteiger partial charge < -0.3 is 5.32 Å². The maximum Gasteiger partial charge on any atom is 0.322 e. The summed E-state index contributed by atoms with van der Waals surface area (Å²) in [7, 11) is 1.66. The first-order valence-corrected chi connectivity index (χ1v) is 4.64. The normalized spacial score (nSPS) is 11.3. The number of carbonyl (C=O) groups is 1. The van der Waals surface area contributed by atoms with E-state index in [-0.39, 0.29) is 6.03 Å². The third kappa shape index (κ3) is 2.99. The average Bonchev–Trinajstić information content (AvgIpc) is 2.29. The summed E-state index contributed by atoms with van der Waals surface area (Å²) in [5.41, 5.74) is 0.792. The van der Waals surface area contributed by atoms with Crippen molar-refractivity contribution in [3.8, 4) is 6.07 Å². The molecule has 0 radical (unpaired) electrons. The highest BCUT2D eigenvalue weighted by Crippen LogP contribution is 2.10. The van der Waals surface area contributed by atoms with Gasteiger partial charge in [0, 0.05) is 12.7 Å². The lowest BCUT2D eigenvalue weighted by Gasteiger charge is -2.18. The van der Waals surface area contributed by atoms with E-state index in [1.807, 2.05) is 36.4 Å². The van der Waals surface area contributed by atoms with E-state index in [4.69, 9.17) is 5.26 Å². The van der Waals surface area contributed by atoms with Gasteiger partial charge in [0.15, 0.2) is 0 Å². The van der Waals surface area contributed by atoms with Crippen LogP contribution in [0.5, 0.6) is 0 Å². The van der Waals surface area contributed by atoms with E-state index in [9.17, 15) is 4.79 Å². The second kappa shape index (κ2) is 5.01. The molecule has 1 aromatic carbocycles. The van der Waals surface area contributed by atoms with Crippen molar-refractivity contribution in [3.05, 3.63) is 30.3 Å². The molecule has 0 aliphatic heterocycles. The van der Waals surface area contributed by atoms with Gasteiger partial charge in [-0.15, -0.1) is 0 Å². The van der Waals surface area contributed by atoms with Gasteiger partial charge in [-0.1, -0.05) is 18.2 Å². The van der Waals surface area contributed by atoms with Crippen LogP contribution in [-0.2, 0) is 0 Å². The van der Waals surface area contributed by atoms with Gasteiger partial charge in [-0.25, -0.2) is 4.79 Å². The van der Waals surface area contributed by atoms with Gasteiger partial charge in [0.2, 0.25) is 0 Å². The monoisotopic (exact) mass is 203 g/mol. The maximum atomic E-state index is 11.6. The Morgan fingerprint density at radius 2 is 2.07 bits per heavy atom. The summed E-state index contributed by atoms with van der Waals surface area (Å²) in [6, 6.07) is 10.4. The molecule has 0 spiro atoms. The van der Waals surface area contributed by atoms with Crippen LogP contribution in [0.4, 0.5) is 10.5 Å². The number of benzene rings is 1. The van der Waals surface area contributed by atoms with Crippen LogP contribution in [-0.4, -0.2) is 19.1 Å². The van der Waals surface area contributed by atoms with Gasteiger partial charge in [-0.2, -0.15) is 5.26 Å². The molecule has 0 saturated carbocycles. The van der Waals surface area contributed by atoms with Crippen LogP contribution in [0.3, 0.4) is 0 Å². The second-order valence-corrected chi connectivity index (χ2v) is 3.19. The molecule has 1 aromatic rings. The predicted molar refractivity (Wildman–Crippen MR) is 58.5 cm³/mol. The van der Waals surface area contributed by atoms with Crippen molar-refractivity contribution in [2.45, 2.75) is 13.0 Å². The number of para-hydroxylation sites is 1. The Balaban J connectivity index is 2.66. The number of nitriles is 1. The second-order valence-electron chi connectivity index (χ2n) is 3.19. The van der Waals surface area contributed by atoms with E-state index in [1.54, 1.807) is 14.0 Å². The van der Waals surface area contributed by atoms with E-state index in [1.165, 1.54) is 4.90 Å². The minimum atomic E-state index is -0.483. The number of nitrogens with zero attached hydrogens (tertiary/aromatic N) is 2. The first-order valence-electron chi connectivity index (χ1n) is 4.64. The molecule has 1 unspecified atom stereocenters. The molecule has 0 aliphatic rings. The van der Waals surface area contributed by atoms with Gasteiger partial charge in [-0.05, 0) is 19.1 Å². The number of rotatable bonds is 2. The number of anilines is 1.